The van der Waals surface area contributed by atoms with Crippen LogP contribution in [0.4, 0.5) is 5.82 Å². The van der Waals surface area contributed by atoms with Crippen molar-refractivity contribution < 1.29 is 4.79 Å². The molecule has 0 fully saturated rings. The molecule has 0 saturated heterocycles. The predicted molar refractivity (Wildman–Crippen MR) is 50.2 cm³/mol. The number of nitrogen functional groups attached to an aromatic ring is 1. The van der Waals surface area contributed by atoms with Crippen molar-refractivity contribution in [2.75, 3.05) is 5.73 Å². The van der Waals surface area contributed by atoms with Crippen molar-refractivity contribution in [2.45, 2.75) is 26.3 Å². The van der Waals surface area contributed by atoms with Crippen LogP contribution < -0.4 is 11.1 Å². The number of aromatic amines is 1. The van der Waals surface area contributed by atoms with E-state index in [-0.39, 0.29) is 11.9 Å². The van der Waals surface area contributed by atoms with Crippen LogP contribution in [0, 0.1) is 0 Å². The van der Waals surface area contributed by atoms with E-state index in [4.69, 9.17) is 5.73 Å². The average Bonchev–Trinajstić information content (AvgIpc) is 2.51. The molecule has 1 amide bonds. The van der Waals surface area contributed by atoms with E-state index in [0.717, 1.165) is 6.42 Å². The molecular formula is C8H14N4O. The van der Waals surface area contributed by atoms with Crippen LogP contribution >= 0.6 is 0 Å². The van der Waals surface area contributed by atoms with E-state index in [1.165, 1.54) is 6.07 Å². The summed E-state index contributed by atoms with van der Waals surface area (Å²) in [6.07, 6.45) is 0.898. The van der Waals surface area contributed by atoms with Crippen molar-refractivity contribution >= 4 is 11.7 Å². The highest BCUT2D eigenvalue weighted by Crippen LogP contribution is 2.00. The standard InChI is InChI=1S/C8H14N4O/c1-3-5(2)10-8(13)6-4-7(9)12-11-6/h4-5H,3H2,1-2H3,(H,10,13)(H3,9,11,12)/t5-/m1/s1. The lowest BCUT2D eigenvalue weighted by molar-refractivity contribution is 0.0934. The number of hydrogen-bond acceptors (Lipinski definition) is 3. The fourth-order valence-corrected chi connectivity index (χ4v) is 0.857. The number of nitrogens with one attached hydrogen (secondary N) is 2. The molecule has 0 bridgehead atoms. The maximum absolute atomic E-state index is 11.4. The van der Waals surface area contributed by atoms with Crippen LogP contribution in [0.5, 0.6) is 0 Å². The Kier molecular flexibility index (Phi) is 2.89. The van der Waals surface area contributed by atoms with Gasteiger partial charge in [0.25, 0.3) is 5.91 Å². The zero-order valence-electron chi connectivity index (χ0n) is 7.79. The highest BCUT2D eigenvalue weighted by molar-refractivity contribution is 5.93. The van der Waals surface area contributed by atoms with Crippen LogP contribution in [0.2, 0.25) is 0 Å². The maximum atomic E-state index is 11.4. The van der Waals surface area contributed by atoms with Gasteiger partial charge < -0.3 is 11.1 Å². The maximum Gasteiger partial charge on any atom is 0.269 e. The number of nitrogens with zero attached hydrogens (tertiary/aromatic N) is 1. The van der Waals surface area contributed by atoms with E-state index >= 15 is 0 Å². The largest absolute Gasteiger partial charge is 0.382 e. The molecule has 0 radical (unpaired) electrons. The fraction of sp³-hybridized carbons (Fsp3) is 0.500. The fourth-order valence-electron chi connectivity index (χ4n) is 0.857. The van der Waals surface area contributed by atoms with Gasteiger partial charge in [0.05, 0.1) is 0 Å². The Morgan fingerprint density at radius 1 is 1.85 bits per heavy atom. The summed E-state index contributed by atoms with van der Waals surface area (Å²) in [7, 11) is 0. The second-order valence-electron chi connectivity index (χ2n) is 2.99. The Bertz CT molecular complexity index is 294. The molecule has 1 rings (SSSR count). The summed E-state index contributed by atoms with van der Waals surface area (Å²) in [6.45, 7) is 3.95. The Labute approximate surface area is 76.7 Å². The van der Waals surface area contributed by atoms with Crippen LogP contribution in [0.15, 0.2) is 6.07 Å². The summed E-state index contributed by atoms with van der Waals surface area (Å²) in [5.74, 6) is 0.160. The predicted octanol–water partition coefficient (Wildman–Crippen LogP) is 0.520. The summed E-state index contributed by atoms with van der Waals surface area (Å²) >= 11 is 0. The summed E-state index contributed by atoms with van der Waals surface area (Å²) in [5.41, 5.74) is 5.76. The number of H-pyrrole nitrogens is 1. The molecule has 0 aliphatic heterocycles. The lowest BCUT2D eigenvalue weighted by Gasteiger charge is -2.09. The molecule has 0 unspecified atom stereocenters. The molecule has 5 heteroatoms. The number of aromatic nitrogens is 2. The highest BCUT2D eigenvalue weighted by atomic mass is 16.2. The molecular weight excluding hydrogens is 168 g/mol. The van der Waals surface area contributed by atoms with Gasteiger partial charge in [-0.15, -0.1) is 0 Å². The monoisotopic (exact) mass is 182 g/mol. The molecule has 1 aromatic rings. The molecule has 0 saturated carbocycles. The third-order valence-electron chi connectivity index (χ3n) is 1.83. The molecule has 5 nitrogen and oxygen atoms in total. The average molecular weight is 182 g/mol. The molecule has 1 atom stereocenters. The van der Waals surface area contributed by atoms with Gasteiger partial charge in [-0.25, -0.2) is 0 Å². The number of carbonyl (C=O) groups is 1. The van der Waals surface area contributed by atoms with Crippen molar-refractivity contribution in [2.24, 2.45) is 0 Å². The van der Waals surface area contributed by atoms with Crippen LogP contribution in [-0.2, 0) is 0 Å². The first kappa shape index (κ1) is 9.57. The van der Waals surface area contributed by atoms with Gasteiger partial charge in [-0.3, -0.25) is 9.89 Å². The van der Waals surface area contributed by atoms with Crippen molar-refractivity contribution in [1.82, 2.24) is 15.5 Å². The number of rotatable bonds is 3. The van der Waals surface area contributed by atoms with Gasteiger partial charge >= 0.3 is 0 Å². The second-order valence-corrected chi connectivity index (χ2v) is 2.99. The lowest BCUT2D eigenvalue weighted by Crippen LogP contribution is -2.32. The topological polar surface area (TPSA) is 83.8 Å². The van der Waals surface area contributed by atoms with Crippen molar-refractivity contribution in [3.63, 3.8) is 0 Å². The molecule has 72 valence electrons. The van der Waals surface area contributed by atoms with E-state index in [0.29, 0.717) is 11.5 Å². The third kappa shape index (κ3) is 2.47. The zero-order valence-corrected chi connectivity index (χ0v) is 7.79. The Hall–Kier alpha value is -1.52. The molecule has 0 spiro atoms. The molecule has 0 aromatic carbocycles. The lowest BCUT2D eigenvalue weighted by atomic mass is 10.2. The Morgan fingerprint density at radius 2 is 2.54 bits per heavy atom. The van der Waals surface area contributed by atoms with E-state index in [9.17, 15) is 4.79 Å². The molecule has 1 heterocycles. The number of hydrogen-bond donors (Lipinski definition) is 3. The third-order valence-corrected chi connectivity index (χ3v) is 1.83. The van der Waals surface area contributed by atoms with Gasteiger partial charge in [0, 0.05) is 12.1 Å². The molecule has 0 aliphatic carbocycles. The molecule has 1 aromatic heterocycles. The quantitative estimate of drug-likeness (QED) is 0.637. The zero-order chi connectivity index (χ0) is 9.84. The summed E-state index contributed by atoms with van der Waals surface area (Å²) in [6, 6.07) is 1.68. The summed E-state index contributed by atoms with van der Waals surface area (Å²) in [4.78, 5) is 11.4. The van der Waals surface area contributed by atoms with Gasteiger partial charge in [0.1, 0.15) is 11.5 Å². The first-order chi connectivity index (χ1) is 6.13. The second kappa shape index (κ2) is 3.93. The Morgan fingerprint density at radius 3 is 3.00 bits per heavy atom. The van der Waals surface area contributed by atoms with Gasteiger partial charge in [-0.2, -0.15) is 5.10 Å². The normalized spacial score (nSPS) is 12.5. The Balaban J connectivity index is 2.58. The van der Waals surface area contributed by atoms with Crippen LogP contribution in [-0.4, -0.2) is 22.1 Å². The smallest absolute Gasteiger partial charge is 0.269 e. The number of carbonyl (C=O) groups excluding carboxylic acids is 1. The van der Waals surface area contributed by atoms with Crippen molar-refractivity contribution in [3.8, 4) is 0 Å². The minimum Gasteiger partial charge on any atom is -0.382 e. The number of anilines is 1. The molecule has 13 heavy (non-hydrogen) atoms. The van der Waals surface area contributed by atoms with E-state index in [2.05, 4.69) is 15.5 Å². The van der Waals surface area contributed by atoms with Gasteiger partial charge in [0.2, 0.25) is 0 Å². The van der Waals surface area contributed by atoms with Crippen molar-refractivity contribution in [1.29, 1.82) is 0 Å². The SMILES string of the molecule is CC[C@@H](C)NC(=O)c1cc(N)n[nH]1. The summed E-state index contributed by atoms with van der Waals surface area (Å²) in [5, 5.41) is 9.00. The number of nitrogens with two attached hydrogens (primary N) is 1. The van der Waals surface area contributed by atoms with Crippen LogP contribution in [0.25, 0.3) is 0 Å². The van der Waals surface area contributed by atoms with Crippen LogP contribution in [0.3, 0.4) is 0 Å². The molecule has 0 aliphatic rings. The highest BCUT2D eigenvalue weighted by Gasteiger charge is 2.10. The number of amides is 1. The van der Waals surface area contributed by atoms with E-state index < -0.39 is 0 Å². The minimum atomic E-state index is -0.168. The first-order valence-corrected chi connectivity index (χ1v) is 4.25. The van der Waals surface area contributed by atoms with Gasteiger partial charge in [-0.05, 0) is 13.3 Å². The minimum absolute atomic E-state index is 0.164. The van der Waals surface area contributed by atoms with E-state index in [1.54, 1.807) is 0 Å². The van der Waals surface area contributed by atoms with Gasteiger partial charge in [0.15, 0.2) is 0 Å². The molecule has 4 N–H and O–H groups in total. The van der Waals surface area contributed by atoms with Crippen LogP contribution in [0.1, 0.15) is 30.8 Å². The van der Waals surface area contributed by atoms with Gasteiger partial charge in [-0.1, -0.05) is 6.92 Å². The first-order valence-electron chi connectivity index (χ1n) is 4.25. The van der Waals surface area contributed by atoms with Crippen molar-refractivity contribution in [3.05, 3.63) is 11.8 Å². The van der Waals surface area contributed by atoms with E-state index in [1.807, 2.05) is 13.8 Å². The summed E-state index contributed by atoms with van der Waals surface area (Å²) < 4.78 is 0.